The second-order valence-electron chi connectivity index (χ2n) is 7.74. The van der Waals surface area contributed by atoms with Crippen LogP contribution in [0.3, 0.4) is 0 Å². The van der Waals surface area contributed by atoms with E-state index in [4.69, 9.17) is 0 Å². The molecule has 0 bridgehead atoms. The number of benzene rings is 2. The van der Waals surface area contributed by atoms with Crippen LogP contribution >= 0.6 is 0 Å². The van der Waals surface area contributed by atoms with E-state index in [1.54, 1.807) is 12.3 Å². The molecule has 1 aliphatic heterocycles. The minimum atomic E-state index is -4.39. The third-order valence-electron chi connectivity index (χ3n) is 5.68. The molecule has 1 saturated heterocycles. The fourth-order valence-electron chi connectivity index (χ4n) is 4.06. The van der Waals surface area contributed by atoms with Crippen LogP contribution in [0.4, 0.5) is 24.7 Å². The van der Waals surface area contributed by atoms with Crippen LogP contribution in [0.1, 0.15) is 36.1 Å². The third kappa shape index (κ3) is 3.92. The van der Waals surface area contributed by atoms with Gasteiger partial charge in [0, 0.05) is 29.5 Å². The summed E-state index contributed by atoms with van der Waals surface area (Å²) >= 11 is 0. The molecule has 2 N–H and O–H groups in total. The summed E-state index contributed by atoms with van der Waals surface area (Å²) in [4.78, 5) is 2.11. The van der Waals surface area contributed by atoms with Crippen molar-refractivity contribution in [3.63, 3.8) is 0 Å². The van der Waals surface area contributed by atoms with Gasteiger partial charge in [-0.05, 0) is 49.6 Å². The number of fused-ring (bicyclic) bond motifs is 1. The van der Waals surface area contributed by atoms with Crippen molar-refractivity contribution in [1.82, 2.24) is 10.2 Å². The number of aliphatic hydroxyl groups is 1. The van der Waals surface area contributed by atoms with Crippen molar-refractivity contribution in [2.45, 2.75) is 38.6 Å². The number of rotatable bonds is 4. The summed E-state index contributed by atoms with van der Waals surface area (Å²) in [6.07, 6.45) is -2.35. The van der Waals surface area contributed by atoms with Crippen LogP contribution in [0, 0.1) is 6.92 Å². The highest BCUT2D eigenvalue weighted by Crippen LogP contribution is 2.36. The van der Waals surface area contributed by atoms with E-state index in [2.05, 4.69) is 20.4 Å². The molecule has 2 heterocycles. The SMILES string of the molecule is Cc1c([C@@H](C)Nc2nncc3ccc(N4CC[C@@H](O)C4)cc23)cccc1C(F)(F)F. The summed E-state index contributed by atoms with van der Waals surface area (Å²) < 4.78 is 39.8. The Morgan fingerprint density at radius 3 is 2.73 bits per heavy atom. The summed E-state index contributed by atoms with van der Waals surface area (Å²) in [5.74, 6) is 0.512. The smallest absolute Gasteiger partial charge is 0.391 e. The Balaban J connectivity index is 1.67. The molecule has 0 saturated carbocycles. The van der Waals surface area contributed by atoms with Gasteiger partial charge in [-0.25, -0.2) is 0 Å². The highest BCUT2D eigenvalue weighted by molar-refractivity contribution is 5.93. The van der Waals surface area contributed by atoms with Crippen LogP contribution in [-0.2, 0) is 6.18 Å². The Bertz CT molecular complexity index is 1070. The number of β-amino-alcohol motifs (C(OH)–C–C–N with tert-alkyl or cyclic N) is 1. The highest BCUT2D eigenvalue weighted by atomic mass is 19.4. The zero-order valence-corrected chi connectivity index (χ0v) is 16.7. The van der Waals surface area contributed by atoms with Crippen LogP contribution in [-0.4, -0.2) is 34.5 Å². The van der Waals surface area contributed by atoms with E-state index in [0.717, 1.165) is 35.5 Å². The van der Waals surface area contributed by atoms with Gasteiger partial charge in [0.05, 0.1) is 23.9 Å². The molecule has 1 fully saturated rings. The summed E-state index contributed by atoms with van der Waals surface area (Å²) in [6.45, 7) is 4.64. The number of anilines is 2. The largest absolute Gasteiger partial charge is 0.416 e. The maximum atomic E-state index is 13.3. The van der Waals surface area contributed by atoms with E-state index >= 15 is 0 Å². The molecule has 0 unspecified atom stereocenters. The van der Waals surface area contributed by atoms with Gasteiger partial charge in [0.2, 0.25) is 0 Å². The number of nitrogens with zero attached hydrogens (tertiary/aromatic N) is 3. The predicted octanol–water partition coefficient (Wildman–Crippen LogP) is 4.70. The average Bonchev–Trinajstić information content (AvgIpc) is 3.13. The molecule has 4 rings (SSSR count). The van der Waals surface area contributed by atoms with Crippen molar-refractivity contribution in [1.29, 1.82) is 0 Å². The Labute approximate surface area is 172 Å². The lowest BCUT2D eigenvalue weighted by atomic mass is 9.97. The van der Waals surface area contributed by atoms with Crippen LogP contribution in [0.25, 0.3) is 10.8 Å². The van der Waals surface area contributed by atoms with Crippen molar-refractivity contribution in [3.05, 3.63) is 59.3 Å². The third-order valence-corrected chi connectivity index (χ3v) is 5.68. The van der Waals surface area contributed by atoms with E-state index in [0.29, 0.717) is 17.9 Å². The Morgan fingerprint density at radius 1 is 1.23 bits per heavy atom. The molecule has 1 aromatic heterocycles. The lowest BCUT2D eigenvalue weighted by molar-refractivity contribution is -0.138. The zero-order chi connectivity index (χ0) is 21.5. The van der Waals surface area contributed by atoms with Crippen LogP contribution in [0.5, 0.6) is 0 Å². The van der Waals surface area contributed by atoms with E-state index in [1.807, 2.05) is 25.1 Å². The molecule has 0 aliphatic carbocycles. The lowest BCUT2D eigenvalue weighted by Gasteiger charge is -2.22. The number of aromatic nitrogens is 2. The molecular weight excluding hydrogens is 393 g/mol. The molecule has 2 atom stereocenters. The first-order valence-corrected chi connectivity index (χ1v) is 9.85. The van der Waals surface area contributed by atoms with Gasteiger partial charge in [-0.15, -0.1) is 5.10 Å². The molecule has 1 aliphatic rings. The number of aliphatic hydroxyl groups excluding tert-OH is 1. The summed E-state index contributed by atoms with van der Waals surface area (Å²) in [7, 11) is 0. The van der Waals surface area contributed by atoms with E-state index in [9.17, 15) is 18.3 Å². The van der Waals surface area contributed by atoms with Crippen LogP contribution in [0.2, 0.25) is 0 Å². The Hall–Kier alpha value is -2.87. The predicted molar refractivity (Wildman–Crippen MR) is 111 cm³/mol. The van der Waals surface area contributed by atoms with Crippen LogP contribution in [0.15, 0.2) is 42.6 Å². The Morgan fingerprint density at radius 2 is 2.03 bits per heavy atom. The van der Waals surface area contributed by atoms with Gasteiger partial charge in [0.25, 0.3) is 0 Å². The van der Waals surface area contributed by atoms with Crippen molar-refractivity contribution in [2.75, 3.05) is 23.3 Å². The number of hydrogen-bond donors (Lipinski definition) is 2. The van der Waals surface area contributed by atoms with Gasteiger partial charge in [0.15, 0.2) is 5.82 Å². The van der Waals surface area contributed by atoms with Crippen LogP contribution < -0.4 is 10.2 Å². The molecule has 0 spiro atoms. The quantitative estimate of drug-likeness (QED) is 0.646. The van der Waals surface area contributed by atoms with Gasteiger partial charge in [-0.1, -0.05) is 18.2 Å². The molecule has 30 heavy (non-hydrogen) atoms. The zero-order valence-electron chi connectivity index (χ0n) is 16.7. The molecular formula is C22H23F3N4O. The molecule has 0 amide bonds. The normalized spacial score (nSPS) is 18.1. The first-order valence-electron chi connectivity index (χ1n) is 9.85. The minimum Gasteiger partial charge on any atom is -0.391 e. The molecule has 0 radical (unpaired) electrons. The number of alkyl halides is 3. The van der Waals surface area contributed by atoms with E-state index in [1.165, 1.54) is 13.0 Å². The average molecular weight is 416 g/mol. The summed E-state index contributed by atoms with van der Waals surface area (Å²) in [5, 5.41) is 23.0. The second-order valence-corrected chi connectivity index (χ2v) is 7.74. The first-order chi connectivity index (χ1) is 14.2. The molecule has 5 nitrogen and oxygen atoms in total. The minimum absolute atomic E-state index is 0.199. The van der Waals surface area contributed by atoms with E-state index < -0.39 is 17.8 Å². The van der Waals surface area contributed by atoms with Gasteiger partial charge in [0.1, 0.15) is 0 Å². The van der Waals surface area contributed by atoms with Crippen molar-refractivity contribution in [3.8, 4) is 0 Å². The van der Waals surface area contributed by atoms with Gasteiger partial charge < -0.3 is 15.3 Å². The molecule has 158 valence electrons. The molecule has 8 heteroatoms. The maximum Gasteiger partial charge on any atom is 0.416 e. The van der Waals surface area contributed by atoms with Gasteiger partial charge in [-0.2, -0.15) is 18.3 Å². The molecule has 3 aromatic rings. The summed E-state index contributed by atoms with van der Waals surface area (Å²) in [5.41, 5.74) is 1.10. The molecule has 2 aromatic carbocycles. The van der Waals surface area contributed by atoms with Crippen molar-refractivity contribution < 1.29 is 18.3 Å². The van der Waals surface area contributed by atoms with Gasteiger partial charge in [-0.3, -0.25) is 0 Å². The first kappa shape index (κ1) is 20.4. The number of nitrogens with one attached hydrogen (secondary N) is 1. The number of hydrogen-bond acceptors (Lipinski definition) is 5. The lowest BCUT2D eigenvalue weighted by Crippen LogP contribution is -2.21. The van der Waals surface area contributed by atoms with E-state index in [-0.39, 0.29) is 11.7 Å². The monoisotopic (exact) mass is 416 g/mol. The topological polar surface area (TPSA) is 61.3 Å². The second kappa shape index (κ2) is 7.75. The maximum absolute atomic E-state index is 13.3. The standard InChI is InChI=1S/C22H23F3N4O/c1-13-18(4-3-5-20(13)22(23,24)25)14(2)27-21-19-10-16(29-9-8-17(30)12-29)7-6-15(19)11-26-28-21/h3-7,10-11,14,17,30H,8-9,12H2,1-2H3,(H,27,28)/t14-,17-/m1/s1. The fourth-order valence-corrected chi connectivity index (χ4v) is 4.06. The fraction of sp³-hybridized carbons (Fsp3) is 0.364. The van der Waals surface area contributed by atoms with Crippen molar-refractivity contribution in [2.24, 2.45) is 0 Å². The summed E-state index contributed by atoms with van der Waals surface area (Å²) in [6, 6.07) is 9.72. The Kier molecular flexibility index (Phi) is 5.27. The highest BCUT2D eigenvalue weighted by Gasteiger charge is 2.33. The van der Waals surface area contributed by atoms with Crippen molar-refractivity contribution >= 4 is 22.3 Å². The number of halogens is 3. The van der Waals surface area contributed by atoms with Gasteiger partial charge >= 0.3 is 6.18 Å².